The van der Waals surface area contributed by atoms with Crippen molar-refractivity contribution in [3.63, 3.8) is 0 Å². The Morgan fingerprint density at radius 2 is 2.29 bits per heavy atom. The Bertz CT molecular complexity index is 471. The number of hydrogen-bond acceptors (Lipinski definition) is 3. The smallest absolute Gasteiger partial charge is 0.223 e. The highest BCUT2D eigenvalue weighted by Crippen LogP contribution is 2.25. The van der Waals surface area contributed by atoms with Crippen molar-refractivity contribution in [1.82, 2.24) is 5.32 Å². The van der Waals surface area contributed by atoms with Gasteiger partial charge in [0.05, 0.1) is 6.10 Å². The highest BCUT2D eigenvalue weighted by molar-refractivity contribution is 6.30. The average molecular weight is 333 g/mol. The molecule has 6 heteroatoms. The number of hydrogen-bond donors (Lipinski definition) is 2. The molecule has 4 nitrogen and oxygen atoms in total. The van der Waals surface area contributed by atoms with E-state index < -0.39 is 0 Å². The normalized spacial score (nSPS) is 22.4. The molecule has 1 aliphatic rings. The first-order valence-corrected chi connectivity index (χ1v) is 7.29. The molecule has 0 saturated heterocycles. The summed E-state index contributed by atoms with van der Waals surface area (Å²) in [5.74, 6) is 0.115. The van der Waals surface area contributed by atoms with Gasteiger partial charge in [0.2, 0.25) is 5.91 Å². The van der Waals surface area contributed by atoms with Crippen LogP contribution in [0.25, 0.3) is 0 Å². The molecule has 1 fully saturated rings. The number of halogens is 2. The van der Waals surface area contributed by atoms with Crippen molar-refractivity contribution in [3.05, 3.63) is 34.9 Å². The van der Waals surface area contributed by atoms with Crippen molar-refractivity contribution in [1.29, 1.82) is 0 Å². The number of amides is 1. The minimum absolute atomic E-state index is 0. The fourth-order valence-electron chi connectivity index (χ4n) is 2.64. The van der Waals surface area contributed by atoms with Gasteiger partial charge in [0.25, 0.3) is 0 Å². The van der Waals surface area contributed by atoms with Crippen LogP contribution in [0.3, 0.4) is 0 Å². The Kier molecular flexibility index (Phi) is 7.46. The fraction of sp³-hybridized carbons (Fsp3) is 0.533. The molecule has 3 N–H and O–H groups in total. The first kappa shape index (κ1) is 18.2. The summed E-state index contributed by atoms with van der Waals surface area (Å²) in [6.45, 7) is 0.446. The summed E-state index contributed by atoms with van der Waals surface area (Å²) in [5.41, 5.74) is 6.79. The van der Waals surface area contributed by atoms with E-state index in [2.05, 4.69) is 5.32 Å². The van der Waals surface area contributed by atoms with Gasteiger partial charge in [0.15, 0.2) is 0 Å². The van der Waals surface area contributed by atoms with Gasteiger partial charge in [-0.25, -0.2) is 0 Å². The van der Waals surface area contributed by atoms with Gasteiger partial charge in [-0.3, -0.25) is 4.79 Å². The Labute approximate surface area is 136 Å². The first-order chi connectivity index (χ1) is 9.60. The molecule has 2 rings (SSSR count). The molecule has 0 aliphatic heterocycles. The second-order valence-electron chi connectivity index (χ2n) is 5.29. The minimum atomic E-state index is -0.187. The Morgan fingerprint density at radius 1 is 1.52 bits per heavy atom. The topological polar surface area (TPSA) is 64.3 Å². The number of nitrogens with one attached hydrogen (secondary N) is 1. The van der Waals surface area contributed by atoms with Crippen LogP contribution in [0.15, 0.2) is 24.3 Å². The highest BCUT2D eigenvalue weighted by Gasteiger charge is 2.28. The molecular formula is C15H22Cl2N2O2. The lowest BCUT2D eigenvalue weighted by molar-refractivity contribution is -0.125. The molecule has 3 atom stereocenters. The molecule has 0 aromatic heterocycles. The zero-order valence-corrected chi connectivity index (χ0v) is 13.6. The van der Waals surface area contributed by atoms with E-state index in [1.807, 2.05) is 24.3 Å². The second-order valence-corrected chi connectivity index (χ2v) is 5.73. The summed E-state index contributed by atoms with van der Waals surface area (Å²) in [4.78, 5) is 12.1. The zero-order valence-electron chi connectivity index (χ0n) is 12.0. The van der Waals surface area contributed by atoms with Crippen LogP contribution >= 0.6 is 24.0 Å². The average Bonchev–Trinajstić information content (AvgIpc) is 2.86. The van der Waals surface area contributed by atoms with Crippen molar-refractivity contribution in [2.24, 2.45) is 11.7 Å². The lowest BCUT2D eigenvalue weighted by Crippen LogP contribution is -2.34. The molecule has 0 bridgehead atoms. The number of benzene rings is 1. The SMILES string of the molecule is COC(CNC(=O)C1CCC(N)C1)c1cccc(Cl)c1.Cl. The van der Waals surface area contributed by atoms with E-state index in [9.17, 15) is 4.79 Å². The third kappa shape index (κ3) is 5.15. The minimum Gasteiger partial charge on any atom is -0.375 e. The van der Waals surface area contributed by atoms with E-state index >= 15 is 0 Å². The molecular weight excluding hydrogens is 311 g/mol. The maximum absolute atomic E-state index is 12.1. The van der Waals surface area contributed by atoms with Crippen LogP contribution in [-0.2, 0) is 9.53 Å². The largest absolute Gasteiger partial charge is 0.375 e. The van der Waals surface area contributed by atoms with E-state index in [1.54, 1.807) is 7.11 Å². The van der Waals surface area contributed by atoms with Crippen molar-refractivity contribution in [2.45, 2.75) is 31.4 Å². The highest BCUT2D eigenvalue weighted by atomic mass is 35.5. The lowest BCUT2D eigenvalue weighted by Gasteiger charge is -2.18. The van der Waals surface area contributed by atoms with Crippen molar-refractivity contribution in [3.8, 4) is 0 Å². The maximum atomic E-state index is 12.1. The standard InChI is InChI=1S/C15H21ClN2O2.ClH/c1-20-14(10-3-2-4-12(16)7-10)9-18-15(19)11-5-6-13(17)8-11;/h2-4,7,11,13-14H,5-6,8-9,17H2,1H3,(H,18,19);1H. The summed E-state index contributed by atoms with van der Waals surface area (Å²) in [6.07, 6.45) is 2.40. The molecule has 3 unspecified atom stereocenters. The van der Waals surface area contributed by atoms with Crippen LogP contribution in [0.5, 0.6) is 0 Å². The molecule has 0 radical (unpaired) electrons. The summed E-state index contributed by atoms with van der Waals surface area (Å²) in [6, 6.07) is 7.65. The summed E-state index contributed by atoms with van der Waals surface area (Å²) in [7, 11) is 1.63. The molecule has 1 aromatic carbocycles. The Balaban J connectivity index is 0.00000220. The van der Waals surface area contributed by atoms with E-state index in [1.165, 1.54) is 0 Å². The maximum Gasteiger partial charge on any atom is 0.223 e. The van der Waals surface area contributed by atoms with Gasteiger partial charge < -0.3 is 15.8 Å². The van der Waals surface area contributed by atoms with Crippen LogP contribution in [0, 0.1) is 5.92 Å². The molecule has 1 amide bonds. The molecule has 0 spiro atoms. The molecule has 1 aliphatic carbocycles. The third-order valence-electron chi connectivity index (χ3n) is 3.81. The molecule has 1 aromatic rings. The van der Waals surface area contributed by atoms with E-state index in [0.717, 1.165) is 24.8 Å². The quantitative estimate of drug-likeness (QED) is 0.871. The lowest BCUT2D eigenvalue weighted by atomic mass is 10.1. The number of carbonyl (C=O) groups excluding carboxylic acids is 1. The van der Waals surface area contributed by atoms with Crippen LogP contribution in [0.1, 0.15) is 30.9 Å². The van der Waals surface area contributed by atoms with Crippen molar-refractivity contribution < 1.29 is 9.53 Å². The van der Waals surface area contributed by atoms with Crippen LogP contribution < -0.4 is 11.1 Å². The third-order valence-corrected chi connectivity index (χ3v) is 4.05. The van der Waals surface area contributed by atoms with Crippen molar-refractivity contribution in [2.75, 3.05) is 13.7 Å². The first-order valence-electron chi connectivity index (χ1n) is 6.91. The van der Waals surface area contributed by atoms with Gasteiger partial charge in [-0.2, -0.15) is 0 Å². The number of methoxy groups -OCH3 is 1. The summed E-state index contributed by atoms with van der Waals surface area (Å²) in [5, 5.41) is 3.62. The van der Waals surface area contributed by atoms with Gasteiger partial charge in [-0.05, 0) is 37.0 Å². The Morgan fingerprint density at radius 3 is 2.86 bits per heavy atom. The van der Waals surface area contributed by atoms with Gasteiger partial charge >= 0.3 is 0 Å². The van der Waals surface area contributed by atoms with Crippen LogP contribution in [-0.4, -0.2) is 25.6 Å². The van der Waals surface area contributed by atoms with Crippen LogP contribution in [0.4, 0.5) is 0 Å². The summed E-state index contributed by atoms with van der Waals surface area (Å²) >= 11 is 5.97. The van der Waals surface area contributed by atoms with Gasteiger partial charge in [-0.15, -0.1) is 12.4 Å². The number of rotatable bonds is 5. The monoisotopic (exact) mass is 332 g/mol. The number of ether oxygens (including phenoxy) is 1. The van der Waals surface area contributed by atoms with E-state index in [4.69, 9.17) is 22.1 Å². The molecule has 0 heterocycles. The van der Waals surface area contributed by atoms with E-state index in [-0.39, 0.29) is 36.4 Å². The molecule has 1 saturated carbocycles. The Hall–Kier alpha value is -0.810. The van der Waals surface area contributed by atoms with Gasteiger partial charge in [-0.1, -0.05) is 23.7 Å². The predicted molar refractivity (Wildman–Crippen MR) is 86.8 cm³/mol. The van der Waals surface area contributed by atoms with Crippen molar-refractivity contribution >= 4 is 29.9 Å². The van der Waals surface area contributed by atoms with E-state index in [0.29, 0.717) is 11.6 Å². The molecule has 21 heavy (non-hydrogen) atoms. The van der Waals surface area contributed by atoms with Crippen LogP contribution in [0.2, 0.25) is 5.02 Å². The predicted octanol–water partition coefficient (Wildman–Crippen LogP) is 2.69. The zero-order chi connectivity index (χ0) is 14.5. The summed E-state index contributed by atoms with van der Waals surface area (Å²) < 4.78 is 5.43. The van der Waals surface area contributed by atoms with Gasteiger partial charge in [0, 0.05) is 30.6 Å². The number of nitrogens with two attached hydrogens (primary N) is 1. The van der Waals surface area contributed by atoms with Gasteiger partial charge in [0.1, 0.15) is 0 Å². The number of carbonyl (C=O) groups is 1. The second kappa shape index (κ2) is 8.59. The molecule has 118 valence electrons. The fourth-order valence-corrected chi connectivity index (χ4v) is 2.84.